The molecule has 0 amide bonds. The summed E-state index contributed by atoms with van der Waals surface area (Å²) in [5.74, 6) is 2.60. The highest BCUT2D eigenvalue weighted by molar-refractivity contribution is 5.47. The summed E-state index contributed by atoms with van der Waals surface area (Å²) in [7, 11) is 0. The second-order valence-electron chi connectivity index (χ2n) is 6.04. The molecule has 1 N–H and O–H groups in total. The summed E-state index contributed by atoms with van der Waals surface area (Å²) < 4.78 is 11.4. The van der Waals surface area contributed by atoms with Crippen molar-refractivity contribution in [1.82, 2.24) is 5.32 Å². The van der Waals surface area contributed by atoms with Crippen LogP contribution in [0.25, 0.3) is 0 Å². The summed E-state index contributed by atoms with van der Waals surface area (Å²) in [6.45, 7) is 4.57. The molecule has 1 aliphatic heterocycles. The van der Waals surface area contributed by atoms with Gasteiger partial charge in [-0.1, -0.05) is 38.3 Å². The van der Waals surface area contributed by atoms with Crippen molar-refractivity contribution in [2.45, 2.75) is 51.6 Å². The van der Waals surface area contributed by atoms with E-state index in [0.717, 1.165) is 24.0 Å². The molecule has 0 bridgehead atoms. The average Bonchev–Trinajstić information content (AvgIpc) is 2.69. The highest BCUT2D eigenvalue weighted by Crippen LogP contribution is 2.34. The fourth-order valence-corrected chi connectivity index (χ4v) is 3.31. The Morgan fingerprint density at radius 1 is 1.10 bits per heavy atom. The Morgan fingerprint density at radius 3 is 2.90 bits per heavy atom. The van der Waals surface area contributed by atoms with Gasteiger partial charge >= 0.3 is 0 Å². The molecular weight excluding hydrogens is 250 g/mol. The number of hydrogen-bond acceptors (Lipinski definition) is 3. The van der Waals surface area contributed by atoms with Crippen LogP contribution in [0.2, 0.25) is 0 Å². The van der Waals surface area contributed by atoms with Gasteiger partial charge in [0.2, 0.25) is 0 Å². The molecule has 110 valence electrons. The van der Waals surface area contributed by atoms with Gasteiger partial charge in [0.15, 0.2) is 11.5 Å². The van der Waals surface area contributed by atoms with Crippen LogP contribution in [-0.4, -0.2) is 19.3 Å². The van der Waals surface area contributed by atoms with Gasteiger partial charge in [-0.25, -0.2) is 0 Å². The summed E-state index contributed by atoms with van der Waals surface area (Å²) >= 11 is 0. The fourth-order valence-electron chi connectivity index (χ4n) is 3.31. The summed E-state index contributed by atoms with van der Waals surface area (Å²) in [5, 5.41) is 3.74. The minimum absolute atomic E-state index is 0.637. The van der Waals surface area contributed by atoms with Crippen LogP contribution >= 0.6 is 0 Å². The molecule has 2 atom stereocenters. The van der Waals surface area contributed by atoms with E-state index in [1.807, 2.05) is 6.07 Å². The maximum absolute atomic E-state index is 5.78. The van der Waals surface area contributed by atoms with Crippen molar-refractivity contribution in [3.63, 3.8) is 0 Å². The monoisotopic (exact) mass is 275 g/mol. The van der Waals surface area contributed by atoms with Crippen molar-refractivity contribution in [3.05, 3.63) is 23.8 Å². The van der Waals surface area contributed by atoms with Crippen LogP contribution in [0.3, 0.4) is 0 Å². The van der Waals surface area contributed by atoms with Gasteiger partial charge in [-0.2, -0.15) is 0 Å². The molecule has 1 aromatic rings. The van der Waals surface area contributed by atoms with Crippen molar-refractivity contribution >= 4 is 0 Å². The number of hydrogen-bond donors (Lipinski definition) is 1. The molecule has 1 fully saturated rings. The lowest BCUT2D eigenvalue weighted by Crippen LogP contribution is -2.34. The van der Waals surface area contributed by atoms with E-state index in [2.05, 4.69) is 24.4 Å². The third kappa shape index (κ3) is 3.09. The van der Waals surface area contributed by atoms with Gasteiger partial charge in [0, 0.05) is 18.2 Å². The minimum Gasteiger partial charge on any atom is -0.486 e. The molecule has 1 heterocycles. The van der Waals surface area contributed by atoms with E-state index in [-0.39, 0.29) is 0 Å². The van der Waals surface area contributed by atoms with Gasteiger partial charge in [0.25, 0.3) is 0 Å². The minimum atomic E-state index is 0.637. The summed E-state index contributed by atoms with van der Waals surface area (Å²) in [4.78, 5) is 0. The maximum Gasteiger partial charge on any atom is 0.165 e. The Balaban J connectivity index is 1.66. The van der Waals surface area contributed by atoms with Crippen LogP contribution in [0.15, 0.2) is 18.2 Å². The smallest absolute Gasteiger partial charge is 0.165 e. The predicted octanol–water partition coefficient (Wildman–Crippen LogP) is 3.52. The molecule has 0 spiro atoms. The number of benzene rings is 1. The molecule has 2 unspecified atom stereocenters. The van der Waals surface area contributed by atoms with Crippen LogP contribution in [0.5, 0.6) is 11.5 Å². The number of ether oxygens (including phenoxy) is 2. The van der Waals surface area contributed by atoms with E-state index in [0.29, 0.717) is 19.3 Å². The molecular formula is C17H25NO2. The largest absolute Gasteiger partial charge is 0.486 e. The van der Waals surface area contributed by atoms with Gasteiger partial charge in [-0.05, 0) is 24.8 Å². The van der Waals surface area contributed by atoms with Crippen LogP contribution in [-0.2, 0) is 6.54 Å². The van der Waals surface area contributed by atoms with Crippen molar-refractivity contribution < 1.29 is 9.47 Å². The van der Waals surface area contributed by atoms with Crippen molar-refractivity contribution in [3.8, 4) is 11.5 Å². The van der Waals surface area contributed by atoms with E-state index in [1.54, 1.807) is 0 Å². The standard InChI is InChI=1S/C17H25NO2/c1-13-6-3-2-4-8-15(13)18-12-14-7-5-9-16-17(14)20-11-10-19-16/h5,7,9,13,15,18H,2-4,6,8,10-12H2,1H3. The average molecular weight is 275 g/mol. The van der Waals surface area contributed by atoms with Crippen LogP contribution < -0.4 is 14.8 Å². The van der Waals surface area contributed by atoms with Gasteiger partial charge < -0.3 is 14.8 Å². The SMILES string of the molecule is CC1CCCCCC1NCc1cccc2c1OCCO2. The van der Waals surface area contributed by atoms with E-state index >= 15 is 0 Å². The van der Waals surface area contributed by atoms with Crippen LogP contribution in [0.4, 0.5) is 0 Å². The first-order valence-electron chi connectivity index (χ1n) is 7.95. The third-order valence-corrected chi connectivity index (χ3v) is 4.56. The number of rotatable bonds is 3. The van der Waals surface area contributed by atoms with E-state index in [9.17, 15) is 0 Å². The molecule has 3 heteroatoms. The molecule has 1 saturated carbocycles. The summed E-state index contributed by atoms with van der Waals surface area (Å²) in [6, 6.07) is 6.83. The second kappa shape index (κ2) is 6.49. The Morgan fingerprint density at radius 2 is 1.95 bits per heavy atom. The fraction of sp³-hybridized carbons (Fsp3) is 0.647. The van der Waals surface area contributed by atoms with Crippen LogP contribution in [0, 0.1) is 5.92 Å². The zero-order chi connectivity index (χ0) is 13.8. The Labute approximate surface area is 121 Å². The van der Waals surface area contributed by atoms with E-state index in [4.69, 9.17) is 9.47 Å². The second-order valence-corrected chi connectivity index (χ2v) is 6.04. The molecule has 2 aliphatic rings. The molecule has 1 aliphatic carbocycles. The normalized spacial score (nSPS) is 26.1. The first-order valence-corrected chi connectivity index (χ1v) is 7.95. The topological polar surface area (TPSA) is 30.5 Å². The van der Waals surface area contributed by atoms with Gasteiger partial charge in [0.1, 0.15) is 13.2 Å². The molecule has 0 radical (unpaired) electrons. The van der Waals surface area contributed by atoms with E-state index in [1.165, 1.54) is 37.7 Å². The summed E-state index contributed by atoms with van der Waals surface area (Å²) in [6.07, 6.45) is 6.78. The Hall–Kier alpha value is -1.22. The van der Waals surface area contributed by atoms with Crippen molar-refractivity contribution in [2.75, 3.05) is 13.2 Å². The van der Waals surface area contributed by atoms with Crippen molar-refractivity contribution in [1.29, 1.82) is 0 Å². The van der Waals surface area contributed by atoms with Gasteiger partial charge in [0.05, 0.1) is 0 Å². The maximum atomic E-state index is 5.78. The molecule has 20 heavy (non-hydrogen) atoms. The van der Waals surface area contributed by atoms with E-state index < -0.39 is 0 Å². The first-order chi connectivity index (χ1) is 9.84. The molecule has 1 aromatic carbocycles. The Bertz CT molecular complexity index is 447. The zero-order valence-electron chi connectivity index (χ0n) is 12.4. The number of fused-ring (bicyclic) bond motifs is 1. The quantitative estimate of drug-likeness (QED) is 0.856. The molecule has 3 rings (SSSR count). The lowest BCUT2D eigenvalue weighted by Gasteiger charge is -2.25. The van der Waals surface area contributed by atoms with Crippen molar-refractivity contribution in [2.24, 2.45) is 5.92 Å². The number of para-hydroxylation sites is 1. The number of nitrogens with one attached hydrogen (secondary N) is 1. The molecule has 3 nitrogen and oxygen atoms in total. The van der Waals surface area contributed by atoms with Gasteiger partial charge in [-0.15, -0.1) is 0 Å². The summed E-state index contributed by atoms with van der Waals surface area (Å²) in [5.41, 5.74) is 1.22. The highest BCUT2D eigenvalue weighted by Gasteiger charge is 2.21. The third-order valence-electron chi connectivity index (χ3n) is 4.56. The van der Waals surface area contributed by atoms with Crippen LogP contribution in [0.1, 0.15) is 44.6 Å². The molecule has 0 aromatic heterocycles. The lowest BCUT2D eigenvalue weighted by atomic mass is 9.96. The Kier molecular flexibility index (Phi) is 4.46. The van der Waals surface area contributed by atoms with Gasteiger partial charge in [-0.3, -0.25) is 0 Å². The molecule has 0 saturated heterocycles. The zero-order valence-corrected chi connectivity index (χ0v) is 12.4. The predicted molar refractivity (Wildman–Crippen MR) is 80.3 cm³/mol. The first kappa shape index (κ1) is 13.7. The lowest BCUT2D eigenvalue weighted by molar-refractivity contribution is 0.169. The highest BCUT2D eigenvalue weighted by atomic mass is 16.6.